The molecule has 4 amide bonds. The number of para-hydroxylation sites is 4. The average molecular weight is 1910 g/mol. The summed E-state index contributed by atoms with van der Waals surface area (Å²) in [6, 6.07) is 58.6. The van der Waals surface area contributed by atoms with Crippen LogP contribution in [0.3, 0.4) is 0 Å². The molecule has 140 heavy (non-hydrogen) atoms. The molecule has 0 saturated carbocycles. The third kappa shape index (κ3) is 19.7. The zero-order valence-corrected chi connectivity index (χ0v) is 74.4. The summed E-state index contributed by atoms with van der Waals surface area (Å²) < 4.78 is 89.7. The second kappa shape index (κ2) is 43.8. The van der Waals surface area contributed by atoms with Crippen molar-refractivity contribution in [1.82, 2.24) is 38.3 Å². The van der Waals surface area contributed by atoms with Crippen molar-refractivity contribution < 1.29 is 76.1 Å². The number of nitrogens with zero attached hydrogens (tertiary/aromatic N) is 12. The van der Waals surface area contributed by atoms with Crippen molar-refractivity contribution in [3.8, 4) is 46.0 Å². The molecule has 4 aromatic heterocycles. The zero-order chi connectivity index (χ0) is 95.3. The van der Waals surface area contributed by atoms with E-state index in [-0.39, 0.29) is 153 Å². The van der Waals surface area contributed by atoms with Crippen LogP contribution in [0.5, 0.6) is 46.0 Å². The second-order valence-electron chi connectivity index (χ2n) is 33.7. The molecule has 8 aliphatic heterocycles. The summed E-state index contributed by atoms with van der Waals surface area (Å²) in [6.45, 7) is 8.96. The molecule has 4 N–H and O–H groups in total. The summed E-state index contributed by atoms with van der Waals surface area (Å²) in [6.07, 6.45) is 22.7. The average Bonchev–Trinajstić information content (AvgIpc) is 0.752. The first kappa shape index (κ1) is 101. The fourth-order valence-corrected chi connectivity index (χ4v) is 18.2. The summed E-state index contributed by atoms with van der Waals surface area (Å²) >= 11 is 0. The molecule has 8 bridgehead atoms. The first-order valence-corrected chi connectivity index (χ1v) is 44.4. The van der Waals surface area contributed by atoms with E-state index < -0.39 is 116 Å². The molecule has 8 atom stereocenters. The molecule has 32 heteroatoms. The van der Waals surface area contributed by atoms with E-state index in [1.165, 1.54) is 92.0 Å². The molecule has 0 radical (unpaired) electrons. The molecular weight excluding hydrogens is 1800 g/mol. The van der Waals surface area contributed by atoms with Crippen molar-refractivity contribution >= 4 is 23.6 Å². The van der Waals surface area contributed by atoms with Gasteiger partial charge in [-0.2, -0.15) is 0 Å². The Morgan fingerprint density at radius 3 is 0.643 bits per heavy atom. The van der Waals surface area contributed by atoms with E-state index in [4.69, 9.17) is 18.9 Å². The number of carbonyl (C=O) groups excluding carboxylic acids is 4. The maximum atomic E-state index is 15.0. The minimum absolute atomic E-state index is 0. The van der Waals surface area contributed by atoms with E-state index in [9.17, 15) is 58.8 Å². The predicted octanol–water partition coefficient (Wildman–Crippen LogP) is 16.8. The standard InChI is InChI=1S/4C26H24FN3O4.4CH4/c4*1-17-8-5-6-15-34-25-19(11-7-12-20(25)27)22(18-9-3-2-4-10-18)30-16-28(17)26(33)23-24(32)21(31)13-14-29(23)30;;;;/h4*2-7,9-14,17,22,32H,8,15-16H2,1H3;4*1H4/b4*6-5+;;;;/t2*17-,22+;2*17-,22-;;;;/m1010..../s1. The maximum Gasteiger partial charge on any atom is 0.278 e. The summed E-state index contributed by atoms with van der Waals surface area (Å²) in [5.74, 6) is -5.72. The van der Waals surface area contributed by atoms with Gasteiger partial charge >= 0.3 is 0 Å². The van der Waals surface area contributed by atoms with Crippen molar-refractivity contribution in [2.45, 2.75) is 131 Å². The molecule has 0 aliphatic carbocycles. The van der Waals surface area contributed by atoms with Gasteiger partial charge in [0.05, 0.1) is 0 Å². The quantitative estimate of drug-likeness (QED) is 0.0940. The number of hydrogen-bond donors (Lipinski definition) is 4. The third-order valence-corrected chi connectivity index (χ3v) is 25.2. The van der Waals surface area contributed by atoms with Gasteiger partial charge in [0.25, 0.3) is 23.6 Å². The first-order valence-electron chi connectivity index (χ1n) is 44.4. The van der Waals surface area contributed by atoms with Gasteiger partial charge in [0.2, 0.25) is 21.7 Å². The number of halogens is 4. The summed E-state index contributed by atoms with van der Waals surface area (Å²) in [4.78, 5) is 109. The molecule has 8 aromatic carbocycles. The number of aromatic hydroxyl groups is 4. The fourth-order valence-electron chi connectivity index (χ4n) is 18.2. The van der Waals surface area contributed by atoms with Crippen molar-refractivity contribution in [2.75, 3.05) is 73.1 Å². The maximum absolute atomic E-state index is 15.0. The number of carbonyl (C=O) groups is 4. The molecule has 0 fully saturated rings. The van der Waals surface area contributed by atoms with Crippen molar-refractivity contribution in [3.05, 3.63) is 423 Å². The lowest BCUT2D eigenvalue weighted by atomic mass is 9.96. The van der Waals surface area contributed by atoms with Gasteiger partial charge in [-0.05, 0) is 99.9 Å². The van der Waals surface area contributed by atoms with E-state index >= 15 is 17.6 Å². The van der Waals surface area contributed by atoms with Gasteiger partial charge < -0.3 is 59.0 Å². The Bertz CT molecular complexity index is 6100. The Balaban J connectivity index is 0.000000156. The van der Waals surface area contributed by atoms with Crippen molar-refractivity contribution in [1.29, 1.82) is 0 Å². The van der Waals surface area contributed by atoms with Crippen LogP contribution in [0.2, 0.25) is 0 Å². The van der Waals surface area contributed by atoms with Gasteiger partial charge in [0.15, 0.2) is 92.0 Å². The van der Waals surface area contributed by atoms with E-state index in [0.717, 1.165) is 22.3 Å². The molecule has 0 spiro atoms. The number of aromatic nitrogens is 4. The van der Waals surface area contributed by atoms with Crippen LogP contribution >= 0.6 is 0 Å². The van der Waals surface area contributed by atoms with Crippen LogP contribution in [0.25, 0.3) is 0 Å². The van der Waals surface area contributed by atoms with E-state index in [0.29, 0.717) is 47.9 Å². The summed E-state index contributed by atoms with van der Waals surface area (Å²) in [5, 5.41) is 49.9. The predicted molar refractivity (Wildman–Crippen MR) is 527 cm³/mol. The topological polar surface area (TPSA) is 300 Å². The van der Waals surface area contributed by atoms with Crippen LogP contribution in [-0.4, -0.2) is 160 Å². The molecule has 20 rings (SSSR count). The molecule has 28 nitrogen and oxygen atoms in total. The second-order valence-corrected chi connectivity index (χ2v) is 33.7. The molecular formula is C108H112F4N12O16. The highest BCUT2D eigenvalue weighted by Crippen LogP contribution is 2.45. The summed E-state index contributed by atoms with van der Waals surface area (Å²) in [5.41, 5.74) is 2.54. The minimum atomic E-state index is -0.638. The van der Waals surface area contributed by atoms with Gasteiger partial charge in [-0.3, -0.25) is 77.1 Å². The SMILES string of the molecule is C.C.C.C.C[C@@H]1C/C=C/COc2c(F)cccc2[C@@H](c2ccccc2)N2CN1C(=O)c1c(O)c(=O)ccn12.C[C@@H]1C/C=C/COc2c(F)cccc2[C@H](c2ccccc2)N2CN1C(=O)c1c(O)c(=O)ccn12.C[C@H]1C/C=C/COc2c(F)cccc2[C@@H](c2ccccc2)N2CN1C(=O)c1c(O)c(=O)ccn12.C[C@H]1C/C=C/COc2c(F)cccc2[C@H](c2ccccc2)N2CN1C(=O)c1c(O)c(=O)ccn12. The minimum Gasteiger partial charge on any atom is -0.502 e. The van der Waals surface area contributed by atoms with Gasteiger partial charge in [-0.15, -0.1) is 0 Å². The van der Waals surface area contributed by atoms with Crippen LogP contribution in [0, 0.1) is 23.3 Å². The highest BCUT2D eigenvalue weighted by atomic mass is 19.1. The Labute approximate surface area is 807 Å². The number of rotatable bonds is 4. The normalized spacial score (nSPS) is 20.3. The third-order valence-electron chi connectivity index (χ3n) is 25.2. The molecule has 8 aliphatic rings. The lowest BCUT2D eigenvalue weighted by molar-refractivity contribution is 0.0598. The smallest absolute Gasteiger partial charge is 0.278 e. The Hall–Kier alpha value is -16.3. The number of hydrogen-bond acceptors (Lipinski definition) is 20. The van der Waals surface area contributed by atoms with E-state index in [1.807, 2.05) is 193 Å². The number of ether oxygens (including phenoxy) is 4. The molecule has 728 valence electrons. The van der Waals surface area contributed by atoms with Gasteiger partial charge in [0, 0.05) is 95.5 Å². The van der Waals surface area contributed by atoms with Crippen LogP contribution < -0.4 is 60.7 Å². The zero-order valence-electron chi connectivity index (χ0n) is 74.4. The highest BCUT2D eigenvalue weighted by Gasteiger charge is 2.46. The number of amides is 4. The Morgan fingerprint density at radius 2 is 0.450 bits per heavy atom. The molecule has 12 heterocycles. The van der Waals surface area contributed by atoms with Crippen LogP contribution in [-0.2, 0) is 0 Å². The number of fused-ring (bicyclic) bond motifs is 20. The Kier molecular flexibility index (Phi) is 31.7. The lowest BCUT2D eigenvalue weighted by Crippen LogP contribution is -2.57. The van der Waals surface area contributed by atoms with Gasteiger partial charge in [-0.25, -0.2) is 17.6 Å². The van der Waals surface area contributed by atoms with Gasteiger partial charge in [0.1, 0.15) is 77.3 Å². The first-order chi connectivity index (χ1) is 65.9. The van der Waals surface area contributed by atoms with Crippen molar-refractivity contribution in [3.63, 3.8) is 0 Å². The van der Waals surface area contributed by atoms with Gasteiger partial charge in [-0.1, -0.05) is 248 Å². The Morgan fingerprint density at radius 1 is 0.257 bits per heavy atom. The molecule has 0 saturated heterocycles. The molecule has 0 unspecified atom stereocenters. The molecule has 12 aromatic rings. The monoisotopic (exact) mass is 1910 g/mol. The van der Waals surface area contributed by atoms with Crippen LogP contribution in [0.15, 0.2) is 311 Å². The van der Waals surface area contributed by atoms with E-state index in [1.54, 1.807) is 92.4 Å². The number of benzene rings is 8. The fraction of sp³-hybridized carbons (Fsp3) is 0.259. The van der Waals surface area contributed by atoms with Crippen LogP contribution in [0.4, 0.5) is 17.6 Å². The summed E-state index contributed by atoms with van der Waals surface area (Å²) in [7, 11) is 0. The highest BCUT2D eigenvalue weighted by molar-refractivity contribution is 5.99. The number of pyridine rings is 4. The lowest BCUT2D eigenvalue weighted by Gasteiger charge is -2.46. The van der Waals surface area contributed by atoms with Crippen LogP contribution in [0.1, 0.15) is 194 Å². The van der Waals surface area contributed by atoms with E-state index in [2.05, 4.69) is 0 Å². The van der Waals surface area contributed by atoms with Crippen molar-refractivity contribution in [2.24, 2.45) is 0 Å². The largest absolute Gasteiger partial charge is 0.502 e.